The van der Waals surface area contributed by atoms with Gasteiger partial charge in [0.1, 0.15) is 5.82 Å². The highest BCUT2D eigenvalue weighted by molar-refractivity contribution is 5.42. The predicted molar refractivity (Wildman–Crippen MR) is 77.9 cm³/mol. The van der Waals surface area contributed by atoms with Crippen LogP contribution in [0.1, 0.15) is 23.1 Å². The lowest BCUT2D eigenvalue weighted by atomic mass is 10.0. The number of aromatic nitrogens is 1. The fourth-order valence-corrected chi connectivity index (χ4v) is 2.62. The first kappa shape index (κ1) is 12.2. The summed E-state index contributed by atoms with van der Waals surface area (Å²) >= 11 is 0. The lowest BCUT2D eigenvalue weighted by Crippen LogP contribution is -2.23. The monoisotopic (exact) mass is 253 g/mol. The summed E-state index contributed by atoms with van der Waals surface area (Å²) in [6, 6.07) is 12.9. The molecule has 1 aliphatic heterocycles. The third-order valence-corrected chi connectivity index (χ3v) is 3.72. The van der Waals surface area contributed by atoms with Gasteiger partial charge >= 0.3 is 0 Å². The largest absolute Gasteiger partial charge is 0.352 e. The second-order valence-electron chi connectivity index (χ2n) is 5.02. The Morgan fingerprint density at radius 2 is 1.95 bits per heavy atom. The SMILES string of the molecule is NCc1ccc(N2CCCc3ccccc3C2)nc1. The van der Waals surface area contributed by atoms with E-state index in [0.717, 1.165) is 30.9 Å². The highest BCUT2D eigenvalue weighted by Crippen LogP contribution is 2.22. The summed E-state index contributed by atoms with van der Waals surface area (Å²) in [7, 11) is 0. The van der Waals surface area contributed by atoms with Gasteiger partial charge in [-0.2, -0.15) is 0 Å². The Balaban J connectivity index is 1.85. The molecule has 0 atom stereocenters. The summed E-state index contributed by atoms with van der Waals surface area (Å²) < 4.78 is 0. The second kappa shape index (κ2) is 5.41. The van der Waals surface area contributed by atoms with Gasteiger partial charge < -0.3 is 10.6 Å². The molecule has 3 heteroatoms. The van der Waals surface area contributed by atoms with E-state index in [4.69, 9.17) is 5.73 Å². The van der Waals surface area contributed by atoms with Crippen LogP contribution in [-0.4, -0.2) is 11.5 Å². The molecule has 0 spiro atoms. The zero-order valence-corrected chi connectivity index (χ0v) is 11.0. The van der Waals surface area contributed by atoms with Gasteiger partial charge in [-0.3, -0.25) is 0 Å². The van der Waals surface area contributed by atoms with Gasteiger partial charge in [0.15, 0.2) is 0 Å². The summed E-state index contributed by atoms with van der Waals surface area (Å²) in [5.74, 6) is 1.05. The number of anilines is 1. The molecule has 0 amide bonds. The van der Waals surface area contributed by atoms with Crippen LogP contribution >= 0.6 is 0 Å². The number of pyridine rings is 1. The van der Waals surface area contributed by atoms with Crippen molar-refractivity contribution >= 4 is 5.82 Å². The van der Waals surface area contributed by atoms with Gasteiger partial charge in [-0.1, -0.05) is 30.3 Å². The third-order valence-electron chi connectivity index (χ3n) is 3.72. The van der Waals surface area contributed by atoms with Crippen LogP contribution in [0.3, 0.4) is 0 Å². The van der Waals surface area contributed by atoms with Crippen molar-refractivity contribution in [3.63, 3.8) is 0 Å². The highest BCUT2D eigenvalue weighted by atomic mass is 15.2. The standard InChI is InChI=1S/C16H19N3/c17-10-13-7-8-16(18-11-13)19-9-3-6-14-4-1-2-5-15(14)12-19/h1-2,4-5,7-8,11H,3,6,9-10,12,17H2. The van der Waals surface area contributed by atoms with Crippen molar-refractivity contribution in [2.24, 2.45) is 5.73 Å². The summed E-state index contributed by atoms with van der Waals surface area (Å²) in [4.78, 5) is 6.89. The highest BCUT2D eigenvalue weighted by Gasteiger charge is 2.14. The zero-order chi connectivity index (χ0) is 13.1. The fraction of sp³-hybridized carbons (Fsp3) is 0.312. The molecule has 0 aliphatic carbocycles. The minimum absolute atomic E-state index is 0.552. The molecule has 2 heterocycles. The Morgan fingerprint density at radius 3 is 2.68 bits per heavy atom. The van der Waals surface area contributed by atoms with E-state index in [1.54, 1.807) is 0 Å². The van der Waals surface area contributed by atoms with Crippen molar-refractivity contribution in [1.82, 2.24) is 4.98 Å². The van der Waals surface area contributed by atoms with Crippen LogP contribution in [0.2, 0.25) is 0 Å². The molecule has 0 bridgehead atoms. The van der Waals surface area contributed by atoms with Crippen LogP contribution in [-0.2, 0) is 19.5 Å². The van der Waals surface area contributed by atoms with Crippen molar-refractivity contribution in [2.75, 3.05) is 11.4 Å². The van der Waals surface area contributed by atoms with Crippen molar-refractivity contribution < 1.29 is 0 Å². The van der Waals surface area contributed by atoms with Crippen LogP contribution in [0.25, 0.3) is 0 Å². The maximum absolute atomic E-state index is 5.61. The molecular weight excluding hydrogens is 234 g/mol. The van der Waals surface area contributed by atoms with Gasteiger partial charge in [0.2, 0.25) is 0 Å². The summed E-state index contributed by atoms with van der Waals surface area (Å²) in [5.41, 5.74) is 9.59. The van der Waals surface area contributed by atoms with Gasteiger partial charge in [-0.15, -0.1) is 0 Å². The summed E-state index contributed by atoms with van der Waals surface area (Å²) in [6.45, 7) is 2.56. The van der Waals surface area contributed by atoms with E-state index in [0.29, 0.717) is 6.54 Å². The van der Waals surface area contributed by atoms with Gasteiger partial charge in [0.25, 0.3) is 0 Å². The molecule has 0 saturated heterocycles. The average Bonchev–Trinajstić information content (AvgIpc) is 2.69. The van der Waals surface area contributed by atoms with Crippen LogP contribution in [0, 0.1) is 0 Å². The first-order chi connectivity index (χ1) is 9.36. The lowest BCUT2D eigenvalue weighted by molar-refractivity contribution is 0.754. The quantitative estimate of drug-likeness (QED) is 0.894. The van der Waals surface area contributed by atoms with E-state index in [2.05, 4.69) is 46.3 Å². The lowest BCUT2D eigenvalue weighted by Gasteiger charge is -2.22. The number of nitrogens with two attached hydrogens (primary N) is 1. The molecule has 0 unspecified atom stereocenters. The Bertz CT molecular complexity index is 548. The number of hydrogen-bond donors (Lipinski definition) is 1. The first-order valence-corrected chi connectivity index (χ1v) is 6.83. The minimum atomic E-state index is 0.552. The van der Waals surface area contributed by atoms with Crippen molar-refractivity contribution in [3.8, 4) is 0 Å². The summed E-state index contributed by atoms with van der Waals surface area (Å²) in [6.07, 6.45) is 4.22. The maximum atomic E-state index is 5.61. The second-order valence-corrected chi connectivity index (χ2v) is 5.02. The van der Waals surface area contributed by atoms with Crippen LogP contribution < -0.4 is 10.6 Å². The van der Waals surface area contributed by atoms with Crippen LogP contribution in [0.15, 0.2) is 42.6 Å². The number of rotatable bonds is 2. The topological polar surface area (TPSA) is 42.1 Å². The number of benzene rings is 1. The molecule has 98 valence electrons. The molecular formula is C16H19N3. The maximum Gasteiger partial charge on any atom is 0.128 e. The molecule has 19 heavy (non-hydrogen) atoms. The van der Waals surface area contributed by atoms with Crippen molar-refractivity contribution in [2.45, 2.75) is 25.9 Å². The predicted octanol–water partition coefficient (Wildman–Crippen LogP) is 2.49. The smallest absolute Gasteiger partial charge is 0.128 e. The molecule has 1 aliphatic rings. The molecule has 1 aromatic heterocycles. The van der Waals surface area contributed by atoms with E-state index in [9.17, 15) is 0 Å². The van der Waals surface area contributed by atoms with E-state index in [1.807, 2.05) is 6.20 Å². The normalized spacial score (nSPS) is 14.9. The van der Waals surface area contributed by atoms with E-state index < -0.39 is 0 Å². The van der Waals surface area contributed by atoms with E-state index >= 15 is 0 Å². The molecule has 0 saturated carbocycles. The van der Waals surface area contributed by atoms with Gasteiger partial charge in [-0.25, -0.2) is 4.98 Å². The van der Waals surface area contributed by atoms with Gasteiger partial charge in [0, 0.05) is 25.8 Å². The Morgan fingerprint density at radius 1 is 1.11 bits per heavy atom. The Hall–Kier alpha value is -1.87. The average molecular weight is 253 g/mol. The summed E-state index contributed by atoms with van der Waals surface area (Å²) in [5, 5.41) is 0. The molecule has 1 aromatic carbocycles. The molecule has 3 nitrogen and oxygen atoms in total. The van der Waals surface area contributed by atoms with Gasteiger partial charge in [-0.05, 0) is 35.6 Å². The number of aryl methyl sites for hydroxylation is 1. The van der Waals surface area contributed by atoms with Crippen LogP contribution in [0.4, 0.5) is 5.82 Å². The molecule has 3 rings (SSSR count). The molecule has 2 aromatic rings. The number of hydrogen-bond acceptors (Lipinski definition) is 3. The fourth-order valence-electron chi connectivity index (χ4n) is 2.62. The van der Waals surface area contributed by atoms with Crippen molar-refractivity contribution in [3.05, 3.63) is 59.3 Å². The third kappa shape index (κ3) is 2.61. The zero-order valence-electron chi connectivity index (χ0n) is 11.0. The minimum Gasteiger partial charge on any atom is -0.352 e. The van der Waals surface area contributed by atoms with Crippen LogP contribution in [0.5, 0.6) is 0 Å². The van der Waals surface area contributed by atoms with E-state index in [1.165, 1.54) is 17.5 Å². The number of fused-ring (bicyclic) bond motifs is 1. The number of nitrogens with zero attached hydrogens (tertiary/aromatic N) is 2. The Labute approximate surface area is 114 Å². The van der Waals surface area contributed by atoms with E-state index in [-0.39, 0.29) is 0 Å². The molecule has 2 N–H and O–H groups in total. The van der Waals surface area contributed by atoms with Gasteiger partial charge in [0.05, 0.1) is 0 Å². The first-order valence-electron chi connectivity index (χ1n) is 6.83. The van der Waals surface area contributed by atoms with Crippen molar-refractivity contribution in [1.29, 1.82) is 0 Å². The Kier molecular flexibility index (Phi) is 3.47. The molecule has 0 fully saturated rings. The molecule has 0 radical (unpaired) electrons.